The number of rotatable bonds is 4. The monoisotopic (exact) mass is 411 g/mol. The number of nitrogens with zero attached hydrogens (tertiary/aromatic N) is 1. The number of methoxy groups -OCH3 is 1. The predicted octanol–water partition coefficient (Wildman–Crippen LogP) is 3.69. The van der Waals surface area contributed by atoms with Crippen molar-refractivity contribution in [2.24, 2.45) is 5.92 Å². The average Bonchev–Trinajstić information content (AvgIpc) is 2.74. The number of para-hydroxylation sites is 1. The molecule has 2 aromatic rings. The Morgan fingerprint density at radius 3 is 2.38 bits per heavy atom. The SMILES string of the molecule is COc1ccc(C(=O)NC(=S)Nc2ccccc2C(=O)N2CCC(C)CC2)cc1. The van der Waals surface area contributed by atoms with Crippen LogP contribution in [-0.4, -0.2) is 42.0 Å². The fourth-order valence-corrected chi connectivity index (χ4v) is 3.43. The van der Waals surface area contributed by atoms with Gasteiger partial charge in [-0.25, -0.2) is 0 Å². The van der Waals surface area contributed by atoms with E-state index in [1.807, 2.05) is 17.0 Å². The van der Waals surface area contributed by atoms with Gasteiger partial charge in [-0.2, -0.15) is 0 Å². The van der Waals surface area contributed by atoms with Gasteiger partial charge in [0.2, 0.25) is 0 Å². The fraction of sp³-hybridized carbons (Fsp3) is 0.318. The first kappa shape index (κ1) is 20.8. The Morgan fingerprint density at radius 1 is 1.07 bits per heavy atom. The number of carbonyl (C=O) groups excluding carboxylic acids is 2. The van der Waals surface area contributed by atoms with Crippen LogP contribution in [0, 0.1) is 5.92 Å². The number of likely N-dealkylation sites (tertiary alicyclic amines) is 1. The van der Waals surface area contributed by atoms with Crippen LogP contribution in [0.3, 0.4) is 0 Å². The molecule has 0 aliphatic carbocycles. The molecule has 2 aromatic carbocycles. The van der Waals surface area contributed by atoms with Gasteiger partial charge in [0.25, 0.3) is 11.8 Å². The quantitative estimate of drug-likeness (QED) is 0.751. The standard InChI is InChI=1S/C22H25N3O3S/c1-15-11-13-25(14-12-15)21(27)18-5-3-4-6-19(18)23-22(29)24-20(26)16-7-9-17(28-2)10-8-16/h3-10,15H,11-14H2,1-2H3,(H2,23,24,26,29). The van der Waals surface area contributed by atoms with Crippen molar-refractivity contribution in [1.29, 1.82) is 0 Å². The molecule has 2 N–H and O–H groups in total. The molecule has 0 bridgehead atoms. The lowest BCUT2D eigenvalue weighted by Crippen LogP contribution is -2.39. The van der Waals surface area contributed by atoms with Crippen LogP contribution in [0.4, 0.5) is 5.69 Å². The molecule has 0 saturated carbocycles. The maximum atomic E-state index is 13.0. The molecule has 1 fully saturated rings. The summed E-state index contributed by atoms with van der Waals surface area (Å²) in [4.78, 5) is 27.2. The molecule has 29 heavy (non-hydrogen) atoms. The first-order valence-electron chi connectivity index (χ1n) is 9.62. The minimum atomic E-state index is -0.334. The van der Waals surface area contributed by atoms with Crippen molar-refractivity contribution in [2.75, 3.05) is 25.5 Å². The van der Waals surface area contributed by atoms with E-state index in [9.17, 15) is 9.59 Å². The van der Waals surface area contributed by atoms with E-state index in [0.29, 0.717) is 28.5 Å². The zero-order chi connectivity index (χ0) is 20.8. The molecular formula is C22H25N3O3S. The van der Waals surface area contributed by atoms with E-state index >= 15 is 0 Å². The molecule has 152 valence electrons. The lowest BCUT2D eigenvalue weighted by atomic mass is 9.98. The van der Waals surface area contributed by atoms with Crippen molar-refractivity contribution in [3.63, 3.8) is 0 Å². The van der Waals surface area contributed by atoms with Crippen molar-refractivity contribution in [3.05, 3.63) is 59.7 Å². The highest BCUT2D eigenvalue weighted by Gasteiger charge is 2.23. The number of anilines is 1. The summed E-state index contributed by atoms with van der Waals surface area (Å²) in [7, 11) is 1.57. The van der Waals surface area contributed by atoms with E-state index in [-0.39, 0.29) is 16.9 Å². The first-order chi connectivity index (χ1) is 14.0. The molecule has 0 spiro atoms. The molecule has 3 rings (SSSR count). The zero-order valence-electron chi connectivity index (χ0n) is 16.6. The Bertz CT molecular complexity index is 890. The lowest BCUT2D eigenvalue weighted by Gasteiger charge is -2.30. The van der Waals surface area contributed by atoms with Crippen molar-refractivity contribution in [1.82, 2.24) is 10.2 Å². The number of benzene rings is 2. The number of ether oxygens (including phenoxy) is 1. The van der Waals surface area contributed by atoms with Crippen molar-refractivity contribution < 1.29 is 14.3 Å². The molecule has 0 unspecified atom stereocenters. The second kappa shape index (κ2) is 9.52. The Kier molecular flexibility index (Phi) is 6.82. The molecule has 1 heterocycles. The van der Waals surface area contributed by atoms with Gasteiger partial charge in [0.15, 0.2) is 5.11 Å². The molecule has 0 atom stereocenters. The second-order valence-corrected chi connectivity index (χ2v) is 7.57. The topological polar surface area (TPSA) is 70.7 Å². The predicted molar refractivity (Wildman–Crippen MR) is 117 cm³/mol. The number of hydrogen-bond donors (Lipinski definition) is 2. The third kappa shape index (κ3) is 5.32. The van der Waals surface area contributed by atoms with Crippen molar-refractivity contribution in [2.45, 2.75) is 19.8 Å². The summed E-state index contributed by atoms with van der Waals surface area (Å²) in [6.45, 7) is 3.72. The van der Waals surface area contributed by atoms with Crippen LogP contribution in [0.25, 0.3) is 0 Å². The Labute approximate surface area is 176 Å². The molecule has 6 nitrogen and oxygen atoms in total. The summed E-state index contributed by atoms with van der Waals surface area (Å²) in [5, 5.41) is 5.78. The zero-order valence-corrected chi connectivity index (χ0v) is 17.4. The highest BCUT2D eigenvalue weighted by Crippen LogP contribution is 2.22. The highest BCUT2D eigenvalue weighted by molar-refractivity contribution is 7.80. The van der Waals surface area contributed by atoms with Crippen LogP contribution in [0.2, 0.25) is 0 Å². The summed E-state index contributed by atoms with van der Waals surface area (Å²) in [5.74, 6) is 0.957. The van der Waals surface area contributed by atoms with Gasteiger partial charge in [-0.3, -0.25) is 14.9 Å². The smallest absolute Gasteiger partial charge is 0.257 e. The third-order valence-electron chi connectivity index (χ3n) is 5.06. The molecule has 1 aliphatic rings. The summed E-state index contributed by atoms with van der Waals surface area (Å²) in [5.41, 5.74) is 1.58. The Hall–Kier alpha value is -2.93. The van der Waals surface area contributed by atoms with Gasteiger partial charge < -0.3 is 15.0 Å². The van der Waals surface area contributed by atoms with Gasteiger partial charge in [0.05, 0.1) is 18.4 Å². The van der Waals surface area contributed by atoms with Crippen molar-refractivity contribution >= 4 is 34.8 Å². The number of piperidine rings is 1. The second-order valence-electron chi connectivity index (χ2n) is 7.16. The molecule has 1 aliphatic heterocycles. The number of thiocarbonyl (C=S) groups is 1. The van der Waals surface area contributed by atoms with Crippen LogP contribution in [0.15, 0.2) is 48.5 Å². The van der Waals surface area contributed by atoms with Gasteiger partial charge in [0.1, 0.15) is 5.75 Å². The molecule has 1 saturated heterocycles. The molecule has 0 radical (unpaired) electrons. The molecule has 2 amide bonds. The number of hydrogen-bond acceptors (Lipinski definition) is 4. The summed E-state index contributed by atoms with van der Waals surface area (Å²) in [6, 6.07) is 13.9. The fourth-order valence-electron chi connectivity index (χ4n) is 3.23. The third-order valence-corrected chi connectivity index (χ3v) is 5.26. The van der Waals surface area contributed by atoms with Crippen LogP contribution in [-0.2, 0) is 0 Å². The van der Waals surface area contributed by atoms with Gasteiger partial charge in [-0.15, -0.1) is 0 Å². The largest absolute Gasteiger partial charge is 0.497 e. The summed E-state index contributed by atoms with van der Waals surface area (Å²) < 4.78 is 5.09. The number of nitrogens with one attached hydrogen (secondary N) is 2. The van der Waals surface area contributed by atoms with E-state index in [2.05, 4.69) is 17.6 Å². The van der Waals surface area contributed by atoms with Crippen LogP contribution < -0.4 is 15.4 Å². The number of carbonyl (C=O) groups is 2. The average molecular weight is 412 g/mol. The molecule has 7 heteroatoms. The molecular weight excluding hydrogens is 386 g/mol. The Morgan fingerprint density at radius 2 is 1.72 bits per heavy atom. The van der Waals surface area contributed by atoms with Gasteiger partial charge in [0, 0.05) is 18.7 Å². The van der Waals surface area contributed by atoms with E-state index in [1.165, 1.54) is 0 Å². The van der Waals surface area contributed by atoms with Crippen LogP contribution >= 0.6 is 12.2 Å². The maximum Gasteiger partial charge on any atom is 0.257 e. The van der Waals surface area contributed by atoms with Gasteiger partial charge in [-0.05, 0) is 67.4 Å². The van der Waals surface area contributed by atoms with E-state index < -0.39 is 0 Å². The minimum absolute atomic E-state index is 0.0238. The van der Waals surface area contributed by atoms with E-state index in [1.54, 1.807) is 43.5 Å². The normalized spacial score (nSPS) is 14.2. The van der Waals surface area contributed by atoms with Crippen LogP contribution in [0.5, 0.6) is 5.75 Å². The van der Waals surface area contributed by atoms with E-state index in [0.717, 1.165) is 25.9 Å². The first-order valence-corrected chi connectivity index (χ1v) is 10.0. The van der Waals surface area contributed by atoms with Crippen LogP contribution in [0.1, 0.15) is 40.5 Å². The van der Waals surface area contributed by atoms with Gasteiger partial charge in [-0.1, -0.05) is 19.1 Å². The van der Waals surface area contributed by atoms with E-state index in [4.69, 9.17) is 17.0 Å². The van der Waals surface area contributed by atoms with Gasteiger partial charge >= 0.3 is 0 Å². The number of amides is 2. The summed E-state index contributed by atoms with van der Waals surface area (Å²) >= 11 is 5.29. The maximum absolute atomic E-state index is 13.0. The van der Waals surface area contributed by atoms with Crippen molar-refractivity contribution in [3.8, 4) is 5.75 Å². The summed E-state index contributed by atoms with van der Waals surface area (Å²) in [6.07, 6.45) is 2.02. The highest BCUT2D eigenvalue weighted by atomic mass is 32.1. The Balaban J connectivity index is 1.65. The molecule has 0 aromatic heterocycles. The lowest BCUT2D eigenvalue weighted by molar-refractivity contribution is 0.0698. The minimum Gasteiger partial charge on any atom is -0.497 e.